The highest BCUT2D eigenvalue weighted by atomic mass is 35.5. The lowest BCUT2D eigenvalue weighted by Gasteiger charge is -2.08. The average molecular weight is 370 g/mol. The number of amides is 1. The summed E-state index contributed by atoms with van der Waals surface area (Å²) in [5.41, 5.74) is 2.25. The summed E-state index contributed by atoms with van der Waals surface area (Å²) in [5, 5.41) is 12.6. The van der Waals surface area contributed by atoms with Crippen LogP contribution in [-0.2, 0) is 9.59 Å². The Hall–Kier alpha value is -2.75. The number of thiazole rings is 1. The SMILES string of the molecule is Cc1ccc2nc(NC(=O)C(=O)[C@@H](C#N)c3ccc(Cl)cc3)sc2c1. The molecule has 0 bridgehead atoms. The number of anilines is 1. The number of nitrogens with one attached hydrogen (secondary N) is 1. The van der Waals surface area contributed by atoms with Crippen LogP contribution >= 0.6 is 22.9 Å². The largest absolute Gasteiger partial charge is 0.295 e. The minimum atomic E-state index is -1.19. The van der Waals surface area contributed by atoms with Gasteiger partial charge in [-0.2, -0.15) is 5.26 Å². The first-order valence-corrected chi connectivity index (χ1v) is 8.55. The number of carbonyl (C=O) groups excluding carboxylic acids is 2. The van der Waals surface area contributed by atoms with Crippen molar-refractivity contribution in [2.24, 2.45) is 0 Å². The highest BCUT2D eigenvalue weighted by Crippen LogP contribution is 2.27. The van der Waals surface area contributed by atoms with Crippen molar-refractivity contribution in [3.8, 4) is 6.07 Å². The van der Waals surface area contributed by atoms with Crippen LogP contribution in [0.15, 0.2) is 42.5 Å². The van der Waals surface area contributed by atoms with Gasteiger partial charge in [0.15, 0.2) is 5.13 Å². The monoisotopic (exact) mass is 369 g/mol. The molecule has 3 rings (SSSR count). The molecule has 1 atom stereocenters. The molecule has 0 saturated carbocycles. The topological polar surface area (TPSA) is 82.8 Å². The first kappa shape index (κ1) is 17.1. The molecule has 25 heavy (non-hydrogen) atoms. The Labute approximate surface area is 152 Å². The third-order valence-electron chi connectivity index (χ3n) is 3.58. The van der Waals surface area contributed by atoms with Gasteiger partial charge in [0.2, 0.25) is 5.78 Å². The normalized spacial score (nSPS) is 11.7. The molecule has 0 spiro atoms. The number of nitrogens with zero attached hydrogens (tertiary/aromatic N) is 2. The summed E-state index contributed by atoms with van der Waals surface area (Å²) in [6, 6.07) is 13.9. The van der Waals surface area contributed by atoms with Crippen molar-refractivity contribution >= 4 is 50.0 Å². The number of benzene rings is 2. The van der Waals surface area contributed by atoms with Gasteiger partial charge in [-0.3, -0.25) is 14.9 Å². The predicted molar refractivity (Wildman–Crippen MR) is 97.8 cm³/mol. The summed E-state index contributed by atoms with van der Waals surface area (Å²) in [6.07, 6.45) is 0. The van der Waals surface area contributed by atoms with E-state index in [0.717, 1.165) is 15.8 Å². The minimum Gasteiger partial charge on any atom is -0.295 e. The molecule has 0 aliphatic rings. The van der Waals surface area contributed by atoms with Crippen molar-refractivity contribution in [2.45, 2.75) is 12.8 Å². The average Bonchev–Trinajstić information content (AvgIpc) is 2.98. The molecule has 1 heterocycles. The van der Waals surface area contributed by atoms with Gasteiger partial charge in [0.25, 0.3) is 5.91 Å². The van der Waals surface area contributed by atoms with Crippen molar-refractivity contribution in [3.05, 3.63) is 58.6 Å². The summed E-state index contributed by atoms with van der Waals surface area (Å²) in [5.74, 6) is -2.88. The molecule has 0 fully saturated rings. The molecule has 1 aromatic heterocycles. The Bertz CT molecular complexity index is 1010. The smallest absolute Gasteiger partial charge is 0.295 e. The van der Waals surface area contributed by atoms with Crippen LogP contribution in [0.25, 0.3) is 10.2 Å². The number of aromatic nitrogens is 1. The fourth-order valence-electron chi connectivity index (χ4n) is 2.31. The van der Waals surface area contributed by atoms with Gasteiger partial charge in [0, 0.05) is 5.02 Å². The maximum atomic E-state index is 12.3. The van der Waals surface area contributed by atoms with Crippen LogP contribution in [0.2, 0.25) is 5.02 Å². The molecule has 0 saturated heterocycles. The van der Waals surface area contributed by atoms with Crippen LogP contribution in [-0.4, -0.2) is 16.7 Å². The number of hydrogen-bond acceptors (Lipinski definition) is 5. The molecule has 5 nitrogen and oxygen atoms in total. The van der Waals surface area contributed by atoms with Gasteiger partial charge < -0.3 is 0 Å². The molecule has 0 aliphatic heterocycles. The van der Waals surface area contributed by atoms with Gasteiger partial charge in [0.05, 0.1) is 16.3 Å². The quantitative estimate of drug-likeness (QED) is 0.702. The second-order valence-electron chi connectivity index (χ2n) is 5.42. The van der Waals surface area contributed by atoms with Crippen LogP contribution in [0.4, 0.5) is 5.13 Å². The number of carbonyl (C=O) groups is 2. The Morgan fingerprint density at radius 2 is 1.96 bits per heavy atom. The van der Waals surface area contributed by atoms with Gasteiger partial charge in [0.1, 0.15) is 5.92 Å². The van der Waals surface area contributed by atoms with Gasteiger partial charge in [-0.1, -0.05) is 41.1 Å². The van der Waals surface area contributed by atoms with Gasteiger partial charge in [-0.05, 0) is 42.3 Å². The molecule has 0 unspecified atom stereocenters. The number of rotatable bonds is 4. The highest BCUT2D eigenvalue weighted by molar-refractivity contribution is 7.22. The van der Waals surface area contributed by atoms with Crippen LogP contribution in [0, 0.1) is 18.3 Å². The zero-order valence-corrected chi connectivity index (χ0v) is 14.7. The molecule has 0 aliphatic carbocycles. The van der Waals surface area contributed by atoms with E-state index in [0.29, 0.717) is 15.7 Å². The minimum absolute atomic E-state index is 0.326. The van der Waals surface area contributed by atoms with E-state index in [2.05, 4.69) is 10.3 Å². The zero-order valence-electron chi connectivity index (χ0n) is 13.1. The van der Waals surface area contributed by atoms with E-state index in [1.165, 1.54) is 11.3 Å². The first-order chi connectivity index (χ1) is 12.0. The number of aryl methyl sites for hydroxylation is 1. The fraction of sp³-hybridized carbons (Fsp3) is 0.111. The zero-order chi connectivity index (χ0) is 18.0. The summed E-state index contributed by atoms with van der Waals surface area (Å²) in [7, 11) is 0. The van der Waals surface area contributed by atoms with Gasteiger partial charge >= 0.3 is 0 Å². The maximum Gasteiger partial charge on any atom is 0.295 e. The third kappa shape index (κ3) is 3.68. The Morgan fingerprint density at radius 1 is 1.24 bits per heavy atom. The van der Waals surface area contributed by atoms with Crippen LogP contribution < -0.4 is 5.32 Å². The Morgan fingerprint density at radius 3 is 2.64 bits per heavy atom. The lowest BCUT2D eigenvalue weighted by Crippen LogP contribution is -2.27. The lowest BCUT2D eigenvalue weighted by atomic mass is 9.96. The van der Waals surface area contributed by atoms with Crippen molar-refractivity contribution in [2.75, 3.05) is 5.32 Å². The third-order valence-corrected chi connectivity index (χ3v) is 4.77. The number of fused-ring (bicyclic) bond motifs is 1. The van der Waals surface area contributed by atoms with Gasteiger partial charge in [-0.15, -0.1) is 0 Å². The number of hydrogen-bond donors (Lipinski definition) is 1. The molecular weight excluding hydrogens is 358 g/mol. The molecule has 7 heteroatoms. The summed E-state index contributed by atoms with van der Waals surface area (Å²) in [6.45, 7) is 1.96. The number of nitriles is 1. The van der Waals surface area contributed by atoms with Crippen molar-refractivity contribution in [3.63, 3.8) is 0 Å². The summed E-state index contributed by atoms with van der Waals surface area (Å²) >= 11 is 7.08. The summed E-state index contributed by atoms with van der Waals surface area (Å²) < 4.78 is 0.914. The summed E-state index contributed by atoms with van der Waals surface area (Å²) in [4.78, 5) is 28.8. The van der Waals surface area contributed by atoms with Crippen molar-refractivity contribution in [1.29, 1.82) is 5.26 Å². The van der Waals surface area contributed by atoms with E-state index in [9.17, 15) is 14.9 Å². The molecular formula is C18H12ClN3O2S. The van der Waals surface area contributed by atoms with E-state index in [1.807, 2.05) is 31.2 Å². The van der Waals surface area contributed by atoms with Crippen LogP contribution in [0.1, 0.15) is 17.0 Å². The second kappa shape index (κ2) is 7.01. The molecule has 0 radical (unpaired) electrons. The van der Waals surface area contributed by atoms with Crippen molar-refractivity contribution < 1.29 is 9.59 Å². The van der Waals surface area contributed by atoms with E-state index >= 15 is 0 Å². The van der Waals surface area contributed by atoms with Gasteiger partial charge in [-0.25, -0.2) is 4.98 Å². The number of ketones is 1. The van der Waals surface area contributed by atoms with Crippen LogP contribution in [0.5, 0.6) is 0 Å². The Balaban J connectivity index is 1.79. The fourth-order valence-corrected chi connectivity index (χ4v) is 3.40. The van der Waals surface area contributed by atoms with E-state index in [1.54, 1.807) is 24.3 Å². The lowest BCUT2D eigenvalue weighted by molar-refractivity contribution is -0.135. The standard InChI is InChI=1S/C18H12ClN3O2S/c1-10-2-7-14-15(8-10)25-18(21-14)22-17(24)16(23)13(9-20)11-3-5-12(19)6-4-11/h2-8,13H,1H3,(H,21,22,24)/t13-/m0/s1. The molecule has 1 N–H and O–H groups in total. The number of halogens is 1. The first-order valence-electron chi connectivity index (χ1n) is 7.35. The van der Waals surface area contributed by atoms with E-state index < -0.39 is 17.6 Å². The van der Waals surface area contributed by atoms with E-state index in [4.69, 9.17) is 11.6 Å². The predicted octanol–water partition coefficient (Wildman–Crippen LogP) is 4.07. The maximum absolute atomic E-state index is 12.3. The molecule has 3 aromatic rings. The van der Waals surface area contributed by atoms with Crippen LogP contribution in [0.3, 0.4) is 0 Å². The Kier molecular flexibility index (Phi) is 4.79. The highest BCUT2D eigenvalue weighted by Gasteiger charge is 2.27. The number of Topliss-reactive ketones (excluding diaryl/α,β-unsaturated/α-hetero) is 1. The molecule has 124 valence electrons. The molecule has 2 aromatic carbocycles. The van der Waals surface area contributed by atoms with E-state index in [-0.39, 0.29) is 0 Å². The van der Waals surface area contributed by atoms with Crippen molar-refractivity contribution in [1.82, 2.24) is 4.98 Å². The second-order valence-corrected chi connectivity index (χ2v) is 6.89. The molecule has 1 amide bonds.